The van der Waals surface area contributed by atoms with Gasteiger partial charge in [0.25, 0.3) is 0 Å². The van der Waals surface area contributed by atoms with Gasteiger partial charge in [-0.25, -0.2) is 15.0 Å². The maximum Gasteiger partial charge on any atom is 0.236 e. The van der Waals surface area contributed by atoms with E-state index in [9.17, 15) is 4.79 Å². The summed E-state index contributed by atoms with van der Waals surface area (Å²) < 4.78 is 5.93. The van der Waals surface area contributed by atoms with Gasteiger partial charge < -0.3 is 15.4 Å². The highest BCUT2D eigenvalue weighted by Crippen LogP contribution is 2.28. The number of piperidine rings is 1. The highest BCUT2D eigenvalue weighted by Gasteiger charge is 2.29. The number of hydrogen-bond acceptors (Lipinski definition) is 7. The summed E-state index contributed by atoms with van der Waals surface area (Å²) >= 11 is 0. The number of fused-ring (bicyclic) bond motifs is 1. The maximum absolute atomic E-state index is 13.0. The van der Waals surface area contributed by atoms with Crippen LogP contribution in [0.4, 0.5) is 5.82 Å². The van der Waals surface area contributed by atoms with Gasteiger partial charge >= 0.3 is 0 Å². The largest absolute Gasteiger partial charge is 0.383 e. The molecule has 0 bridgehead atoms. The first-order chi connectivity index (χ1) is 15.7. The maximum atomic E-state index is 13.0. The van der Waals surface area contributed by atoms with E-state index in [2.05, 4.69) is 50.2 Å². The number of carbonyl (C=O) groups excluding carboxylic acids is 1. The van der Waals surface area contributed by atoms with Crippen molar-refractivity contribution in [3.63, 3.8) is 0 Å². The van der Waals surface area contributed by atoms with Crippen molar-refractivity contribution in [2.45, 2.75) is 24.9 Å². The fraction of sp³-hybridized carbons (Fsp3) is 0.417. The smallest absolute Gasteiger partial charge is 0.236 e. The molecule has 2 aromatic heterocycles. The Morgan fingerprint density at radius 2 is 1.88 bits per heavy atom. The monoisotopic (exact) mass is 432 g/mol. The summed E-state index contributed by atoms with van der Waals surface area (Å²) in [5.74, 6) is 1.16. The van der Waals surface area contributed by atoms with Gasteiger partial charge in [-0.2, -0.15) is 0 Å². The number of aromatic nitrogens is 3. The van der Waals surface area contributed by atoms with E-state index in [-0.39, 0.29) is 12.0 Å². The molecule has 2 aliphatic rings. The van der Waals surface area contributed by atoms with E-state index in [4.69, 9.17) is 10.5 Å². The zero-order valence-corrected chi connectivity index (χ0v) is 18.1. The van der Waals surface area contributed by atoms with Crippen molar-refractivity contribution in [1.82, 2.24) is 24.8 Å². The van der Waals surface area contributed by atoms with Crippen LogP contribution in [0, 0.1) is 0 Å². The fourth-order valence-corrected chi connectivity index (χ4v) is 4.65. The summed E-state index contributed by atoms with van der Waals surface area (Å²) in [5, 5.41) is 0.721. The molecule has 2 aliphatic heterocycles. The average Bonchev–Trinajstić information content (AvgIpc) is 2.85. The van der Waals surface area contributed by atoms with Crippen LogP contribution in [0.25, 0.3) is 11.0 Å². The van der Waals surface area contributed by atoms with Crippen LogP contribution in [0.2, 0.25) is 0 Å². The summed E-state index contributed by atoms with van der Waals surface area (Å²) in [5.41, 5.74) is 8.61. The van der Waals surface area contributed by atoms with Crippen LogP contribution in [0.1, 0.15) is 36.1 Å². The fourth-order valence-electron chi connectivity index (χ4n) is 4.65. The molecule has 0 saturated carbocycles. The van der Waals surface area contributed by atoms with Crippen LogP contribution in [-0.4, -0.2) is 70.0 Å². The normalized spacial score (nSPS) is 20.5. The van der Waals surface area contributed by atoms with Crippen LogP contribution in [0.3, 0.4) is 0 Å². The first kappa shape index (κ1) is 20.8. The summed E-state index contributed by atoms with van der Waals surface area (Å²) in [7, 11) is 0. The Hall–Kier alpha value is -3.10. The molecule has 0 aliphatic carbocycles. The second kappa shape index (κ2) is 9.18. The van der Waals surface area contributed by atoms with Crippen molar-refractivity contribution in [3.8, 4) is 0 Å². The molecule has 32 heavy (non-hydrogen) atoms. The molecule has 1 amide bonds. The number of ether oxygens (including phenoxy) is 1. The van der Waals surface area contributed by atoms with Crippen molar-refractivity contribution in [2.75, 3.05) is 45.1 Å². The second-order valence-corrected chi connectivity index (χ2v) is 8.53. The van der Waals surface area contributed by atoms with Gasteiger partial charge in [-0.1, -0.05) is 30.3 Å². The van der Waals surface area contributed by atoms with E-state index in [1.807, 2.05) is 17.0 Å². The summed E-state index contributed by atoms with van der Waals surface area (Å²) in [6.07, 6.45) is 3.33. The third-order valence-electron chi connectivity index (χ3n) is 6.52. The van der Waals surface area contributed by atoms with E-state index in [1.54, 1.807) is 0 Å². The number of anilines is 1. The molecular formula is C24H28N6O2. The van der Waals surface area contributed by atoms with Crippen LogP contribution in [0.15, 0.2) is 48.8 Å². The number of rotatable bonds is 4. The lowest BCUT2D eigenvalue weighted by molar-refractivity contribution is -0.140. The summed E-state index contributed by atoms with van der Waals surface area (Å²) in [4.78, 5) is 30.0. The third-order valence-corrected chi connectivity index (χ3v) is 6.52. The number of nitrogen functional groups attached to an aromatic ring is 1. The van der Waals surface area contributed by atoms with Crippen molar-refractivity contribution in [3.05, 3.63) is 60.0 Å². The predicted molar refractivity (Wildman–Crippen MR) is 122 cm³/mol. The molecule has 166 valence electrons. The lowest BCUT2D eigenvalue weighted by Crippen LogP contribution is -2.48. The van der Waals surface area contributed by atoms with Gasteiger partial charge in [0.15, 0.2) is 5.65 Å². The first-order valence-corrected chi connectivity index (χ1v) is 11.2. The minimum atomic E-state index is -0.267. The predicted octanol–water partition coefficient (Wildman–Crippen LogP) is 2.39. The molecule has 2 N–H and O–H groups in total. The molecule has 1 unspecified atom stereocenters. The zero-order chi connectivity index (χ0) is 21.9. The van der Waals surface area contributed by atoms with Crippen LogP contribution in [0.5, 0.6) is 0 Å². The van der Waals surface area contributed by atoms with Crippen molar-refractivity contribution in [1.29, 1.82) is 0 Å². The van der Waals surface area contributed by atoms with E-state index < -0.39 is 0 Å². The number of hydrogen-bond donors (Lipinski definition) is 1. The first-order valence-electron chi connectivity index (χ1n) is 11.2. The molecule has 1 aromatic carbocycles. The van der Waals surface area contributed by atoms with Crippen molar-refractivity contribution < 1.29 is 9.53 Å². The highest BCUT2D eigenvalue weighted by molar-refractivity contribution is 5.84. The number of carbonyl (C=O) groups is 1. The number of nitrogens with two attached hydrogens (primary N) is 1. The Morgan fingerprint density at radius 1 is 1.06 bits per heavy atom. The molecule has 3 aromatic rings. The molecule has 0 radical (unpaired) electrons. The number of morpholine rings is 1. The minimum Gasteiger partial charge on any atom is -0.383 e. The zero-order valence-electron chi connectivity index (χ0n) is 18.1. The Labute approximate surface area is 187 Å². The number of nitrogens with zero attached hydrogens (tertiary/aromatic N) is 5. The number of amides is 1. The van der Waals surface area contributed by atoms with Crippen molar-refractivity contribution in [2.24, 2.45) is 0 Å². The van der Waals surface area contributed by atoms with Gasteiger partial charge in [-0.05, 0) is 49.5 Å². The van der Waals surface area contributed by atoms with E-state index in [0.717, 1.165) is 37.0 Å². The number of benzene rings is 1. The Morgan fingerprint density at radius 3 is 2.69 bits per heavy atom. The Balaban J connectivity index is 1.18. The summed E-state index contributed by atoms with van der Waals surface area (Å²) in [6.45, 7) is 3.97. The Kier molecular flexibility index (Phi) is 5.96. The van der Waals surface area contributed by atoms with Gasteiger partial charge in [0.05, 0.1) is 30.8 Å². The van der Waals surface area contributed by atoms with Crippen LogP contribution in [-0.2, 0) is 9.53 Å². The lowest BCUT2D eigenvalue weighted by Gasteiger charge is -2.36. The number of likely N-dealkylation sites (tertiary alicyclic amines) is 1. The van der Waals surface area contributed by atoms with Crippen molar-refractivity contribution >= 4 is 22.8 Å². The molecule has 4 heterocycles. The van der Waals surface area contributed by atoms with Gasteiger partial charge in [-0.15, -0.1) is 0 Å². The summed E-state index contributed by atoms with van der Waals surface area (Å²) in [6, 6.07) is 14.4. The lowest BCUT2D eigenvalue weighted by atomic mass is 9.89. The quantitative estimate of drug-likeness (QED) is 0.676. The minimum absolute atomic E-state index is 0.156. The second-order valence-electron chi connectivity index (χ2n) is 8.53. The van der Waals surface area contributed by atoms with Gasteiger partial charge in [-0.3, -0.25) is 9.69 Å². The topological polar surface area (TPSA) is 97.5 Å². The molecule has 0 spiro atoms. The molecule has 8 heteroatoms. The molecule has 2 fully saturated rings. The molecule has 2 saturated heterocycles. The van der Waals surface area contributed by atoms with E-state index >= 15 is 0 Å². The molecule has 5 rings (SSSR count). The standard InChI is InChI=1S/C24H28N6O2/c25-23-19-6-7-20(28-24(19)27-16-26-23)21-14-30(12-13-32-21)22(31)15-29-10-8-18(9-11-29)17-4-2-1-3-5-17/h1-7,16,18,21H,8-15H2,(H2,25,26,27,28). The average molecular weight is 433 g/mol. The third kappa shape index (κ3) is 4.42. The molecule has 1 atom stereocenters. The Bertz CT molecular complexity index is 1080. The SMILES string of the molecule is Nc1ncnc2nc(C3CN(C(=O)CN4CCC(c5ccccc5)CC4)CCO3)ccc12. The number of pyridine rings is 1. The van der Waals surface area contributed by atoms with Gasteiger partial charge in [0, 0.05) is 6.54 Å². The van der Waals surface area contributed by atoms with Gasteiger partial charge in [0.2, 0.25) is 5.91 Å². The molecule has 8 nitrogen and oxygen atoms in total. The van der Waals surface area contributed by atoms with Crippen LogP contribution < -0.4 is 5.73 Å². The molecular weight excluding hydrogens is 404 g/mol. The van der Waals surface area contributed by atoms with E-state index in [1.165, 1.54) is 11.9 Å². The van der Waals surface area contributed by atoms with Crippen LogP contribution >= 0.6 is 0 Å². The highest BCUT2D eigenvalue weighted by atomic mass is 16.5. The van der Waals surface area contributed by atoms with Gasteiger partial charge in [0.1, 0.15) is 18.2 Å². The van der Waals surface area contributed by atoms with E-state index in [0.29, 0.717) is 43.6 Å².